The molecule has 0 atom stereocenters. The van der Waals surface area contributed by atoms with Crippen molar-refractivity contribution in [2.24, 2.45) is 4.99 Å². The number of morpholine rings is 1. The summed E-state index contributed by atoms with van der Waals surface area (Å²) >= 11 is 0. The Morgan fingerprint density at radius 3 is 2.46 bits per heavy atom. The van der Waals surface area contributed by atoms with Crippen molar-refractivity contribution < 1.29 is 4.74 Å². The third-order valence-corrected chi connectivity index (χ3v) is 5.54. The van der Waals surface area contributed by atoms with Gasteiger partial charge in [0.2, 0.25) is 0 Å². The first kappa shape index (κ1) is 21.1. The molecular formula is C22H37N5O. The third kappa shape index (κ3) is 7.08. The van der Waals surface area contributed by atoms with Crippen LogP contribution in [0.15, 0.2) is 29.3 Å². The highest BCUT2D eigenvalue weighted by molar-refractivity contribution is 5.79. The average molecular weight is 388 g/mol. The second-order valence-electron chi connectivity index (χ2n) is 7.68. The maximum atomic E-state index is 5.42. The van der Waals surface area contributed by atoms with Gasteiger partial charge in [-0.15, -0.1) is 0 Å². The van der Waals surface area contributed by atoms with Crippen LogP contribution in [0.3, 0.4) is 0 Å². The molecule has 2 aliphatic heterocycles. The fourth-order valence-corrected chi connectivity index (χ4v) is 3.89. The van der Waals surface area contributed by atoms with Gasteiger partial charge in [-0.3, -0.25) is 9.80 Å². The summed E-state index contributed by atoms with van der Waals surface area (Å²) in [6.45, 7) is 12.9. The predicted molar refractivity (Wildman–Crippen MR) is 116 cm³/mol. The third-order valence-electron chi connectivity index (χ3n) is 5.54. The van der Waals surface area contributed by atoms with Crippen molar-refractivity contribution in [1.29, 1.82) is 0 Å². The molecule has 28 heavy (non-hydrogen) atoms. The van der Waals surface area contributed by atoms with Crippen molar-refractivity contribution in [3.8, 4) is 0 Å². The molecule has 2 saturated heterocycles. The molecule has 2 N–H and O–H groups in total. The molecule has 1 aromatic rings. The van der Waals surface area contributed by atoms with Crippen molar-refractivity contribution in [2.45, 2.75) is 39.3 Å². The maximum Gasteiger partial charge on any atom is 0.191 e. The monoisotopic (exact) mass is 387 g/mol. The minimum atomic E-state index is 0.719. The number of benzene rings is 1. The number of piperidine rings is 1. The van der Waals surface area contributed by atoms with Gasteiger partial charge in [0.1, 0.15) is 0 Å². The first-order valence-electron chi connectivity index (χ1n) is 11.0. The second-order valence-corrected chi connectivity index (χ2v) is 7.68. The van der Waals surface area contributed by atoms with Gasteiger partial charge in [0.25, 0.3) is 0 Å². The summed E-state index contributed by atoms with van der Waals surface area (Å²) in [5, 5.41) is 6.86. The van der Waals surface area contributed by atoms with E-state index in [0.717, 1.165) is 65.0 Å². The fourth-order valence-electron chi connectivity index (χ4n) is 3.89. The van der Waals surface area contributed by atoms with Crippen LogP contribution in [0.1, 0.15) is 37.3 Å². The topological polar surface area (TPSA) is 52.1 Å². The Bertz CT molecular complexity index is 594. The number of rotatable bonds is 8. The van der Waals surface area contributed by atoms with Crippen molar-refractivity contribution in [1.82, 2.24) is 20.4 Å². The zero-order valence-electron chi connectivity index (χ0n) is 17.5. The number of ether oxygens (including phenoxy) is 1. The Morgan fingerprint density at radius 2 is 1.71 bits per heavy atom. The Labute approximate surface area is 170 Å². The smallest absolute Gasteiger partial charge is 0.191 e. The lowest BCUT2D eigenvalue weighted by Gasteiger charge is -2.27. The average Bonchev–Trinajstić information content (AvgIpc) is 2.74. The number of hydrogen-bond acceptors (Lipinski definition) is 4. The molecule has 2 aliphatic rings. The molecule has 1 aromatic carbocycles. The number of nitrogens with zero attached hydrogens (tertiary/aromatic N) is 3. The molecular weight excluding hydrogens is 350 g/mol. The van der Waals surface area contributed by atoms with Gasteiger partial charge < -0.3 is 15.4 Å². The molecule has 156 valence electrons. The lowest BCUT2D eigenvalue weighted by molar-refractivity contribution is 0.0389. The molecule has 0 bridgehead atoms. The predicted octanol–water partition coefficient (Wildman–Crippen LogP) is 2.06. The van der Waals surface area contributed by atoms with Crippen molar-refractivity contribution >= 4 is 5.96 Å². The summed E-state index contributed by atoms with van der Waals surface area (Å²) in [5.74, 6) is 0.906. The van der Waals surface area contributed by atoms with Crippen molar-refractivity contribution in [3.63, 3.8) is 0 Å². The van der Waals surface area contributed by atoms with Crippen LogP contribution in [-0.4, -0.2) is 74.8 Å². The normalized spacial score (nSPS) is 19.5. The van der Waals surface area contributed by atoms with E-state index in [1.165, 1.54) is 43.5 Å². The van der Waals surface area contributed by atoms with E-state index < -0.39 is 0 Å². The quantitative estimate of drug-likeness (QED) is 0.528. The lowest BCUT2D eigenvalue weighted by Crippen LogP contribution is -2.44. The number of likely N-dealkylation sites (tertiary alicyclic amines) is 1. The van der Waals surface area contributed by atoms with E-state index in [1.54, 1.807) is 0 Å². The molecule has 0 spiro atoms. The van der Waals surface area contributed by atoms with Gasteiger partial charge in [-0.05, 0) is 44.0 Å². The summed E-state index contributed by atoms with van der Waals surface area (Å²) in [4.78, 5) is 9.87. The molecule has 6 heteroatoms. The van der Waals surface area contributed by atoms with Crippen LogP contribution in [0.25, 0.3) is 0 Å². The molecule has 2 fully saturated rings. The van der Waals surface area contributed by atoms with Gasteiger partial charge in [0.15, 0.2) is 5.96 Å². The first-order valence-corrected chi connectivity index (χ1v) is 11.0. The van der Waals surface area contributed by atoms with Gasteiger partial charge in [-0.2, -0.15) is 0 Å². The zero-order chi connectivity index (χ0) is 19.4. The number of hydrogen-bond donors (Lipinski definition) is 2. The summed E-state index contributed by atoms with van der Waals surface area (Å²) in [7, 11) is 0. The summed E-state index contributed by atoms with van der Waals surface area (Å²) in [5.41, 5.74) is 2.75. The van der Waals surface area contributed by atoms with Gasteiger partial charge in [-0.25, -0.2) is 4.99 Å². The zero-order valence-corrected chi connectivity index (χ0v) is 17.5. The highest BCUT2D eigenvalue weighted by Gasteiger charge is 2.13. The molecule has 6 nitrogen and oxygen atoms in total. The molecule has 0 aliphatic carbocycles. The second kappa shape index (κ2) is 12.0. The summed E-state index contributed by atoms with van der Waals surface area (Å²) in [6.07, 6.45) is 4.04. The van der Waals surface area contributed by atoms with Crippen LogP contribution >= 0.6 is 0 Å². The highest BCUT2D eigenvalue weighted by atomic mass is 16.5. The summed E-state index contributed by atoms with van der Waals surface area (Å²) < 4.78 is 5.42. The van der Waals surface area contributed by atoms with Crippen LogP contribution in [0.2, 0.25) is 0 Å². The molecule has 0 aromatic heterocycles. The standard InChI is InChI=1S/C22H37N5O/c1-2-23-22(24-10-13-26-14-16-28-17-15-26)25-18-20-8-4-5-9-21(20)19-27-11-6-3-7-12-27/h4-5,8-9H,2-3,6-7,10-19H2,1H3,(H2,23,24,25). The minimum Gasteiger partial charge on any atom is -0.379 e. The van der Waals surface area contributed by atoms with E-state index in [9.17, 15) is 0 Å². The van der Waals surface area contributed by atoms with Crippen LogP contribution in [0, 0.1) is 0 Å². The maximum absolute atomic E-state index is 5.42. The Balaban J connectivity index is 1.52. The van der Waals surface area contributed by atoms with Gasteiger partial charge >= 0.3 is 0 Å². The van der Waals surface area contributed by atoms with Gasteiger partial charge in [-0.1, -0.05) is 30.7 Å². The number of guanidine groups is 1. The lowest BCUT2D eigenvalue weighted by atomic mass is 10.1. The van der Waals surface area contributed by atoms with E-state index in [0.29, 0.717) is 0 Å². The molecule has 0 amide bonds. The minimum absolute atomic E-state index is 0.719. The van der Waals surface area contributed by atoms with Crippen LogP contribution in [-0.2, 0) is 17.8 Å². The largest absolute Gasteiger partial charge is 0.379 e. The van der Waals surface area contributed by atoms with Crippen LogP contribution < -0.4 is 10.6 Å². The Morgan fingerprint density at radius 1 is 0.964 bits per heavy atom. The Hall–Kier alpha value is -1.63. The van der Waals surface area contributed by atoms with E-state index in [-0.39, 0.29) is 0 Å². The molecule has 0 saturated carbocycles. The fraction of sp³-hybridized carbons (Fsp3) is 0.682. The summed E-state index contributed by atoms with van der Waals surface area (Å²) in [6, 6.07) is 8.76. The van der Waals surface area contributed by atoms with E-state index >= 15 is 0 Å². The first-order chi connectivity index (χ1) is 13.8. The van der Waals surface area contributed by atoms with E-state index in [4.69, 9.17) is 9.73 Å². The molecule has 0 radical (unpaired) electrons. The SMILES string of the molecule is CCNC(=NCc1ccccc1CN1CCCCC1)NCCN1CCOCC1. The highest BCUT2D eigenvalue weighted by Crippen LogP contribution is 2.16. The number of aliphatic imine (C=N–C) groups is 1. The van der Waals surface area contributed by atoms with Crippen molar-refractivity contribution in [2.75, 3.05) is 59.0 Å². The van der Waals surface area contributed by atoms with Crippen LogP contribution in [0.5, 0.6) is 0 Å². The Kier molecular flexibility index (Phi) is 9.07. The van der Waals surface area contributed by atoms with Crippen LogP contribution in [0.4, 0.5) is 0 Å². The molecule has 2 heterocycles. The molecule has 0 unspecified atom stereocenters. The van der Waals surface area contributed by atoms with E-state index in [1.807, 2.05) is 0 Å². The van der Waals surface area contributed by atoms with Gasteiger partial charge in [0.05, 0.1) is 19.8 Å². The van der Waals surface area contributed by atoms with Gasteiger partial charge in [0, 0.05) is 39.3 Å². The molecule has 3 rings (SSSR count). The van der Waals surface area contributed by atoms with Crippen molar-refractivity contribution in [3.05, 3.63) is 35.4 Å². The van der Waals surface area contributed by atoms with E-state index in [2.05, 4.69) is 51.6 Å². The number of nitrogens with one attached hydrogen (secondary N) is 2.